The summed E-state index contributed by atoms with van der Waals surface area (Å²) in [6.07, 6.45) is 3.20. The van der Waals surface area contributed by atoms with E-state index in [1.165, 1.54) is 6.92 Å². The zero-order chi connectivity index (χ0) is 21.9. The standard InChI is InChI=1S/C26H25NO4/c1-21(28)20-31-25-16-8-12-22(18-25)13-9-17-30-26(29)27(24-14-6-3-7-15-24)19-23-10-4-2-5-11-23/h2-16,18H,17,19-20H2,1H3/b13-9+. The number of amides is 1. The van der Waals surface area contributed by atoms with Gasteiger partial charge in [0.25, 0.3) is 0 Å². The van der Waals surface area contributed by atoms with E-state index >= 15 is 0 Å². The van der Waals surface area contributed by atoms with Crippen LogP contribution in [0.5, 0.6) is 5.75 Å². The molecule has 5 heteroatoms. The van der Waals surface area contributed by atoms with E-state index in [9.17, 15) is 9.59 Å². The Morgan fingerprint density at radius 3 is 2.32 bits per heavy atom. The minimum absolute atomic E-state index is 0.0358. The normalized spacial score (nSPS) is 10.6. The van der Waals surface area contributed by atoms with Crippen LogP contribution < -0.4 is 9.64 Å². The number of hydrogen-bond acceptors (Lipinski definition) is 4. The van der Waals surface area contributed by atoms with Gasteiger partial charge in [0.05, 0.1) is 6.54 Å². The van der Waals surface area contributed by atoms with Crippen LogP contribution in [0.1, 0.15) is 18.1 Å². The van der Waals surface area contributed by atoms with Gasteiger partial charge in [-0.1, -0.05) is 66.7 Å². The van der Waals surface area contributed by atoms with Gasteiger partial charge in [-0.15, -0.1) is 0 Å². The predicted molar refractivity (Wildman–Crippen MR) is 122 cm³/mol. The molecule has 0 saturated carbocycles. The first-order chi connectivity index (χ1) is 15.1. The summed E-state index contributed by atoms with van der Waals surface area (Å²) in [5.41, 5.74) is 2.68. The summed E-state index contributed by atoms with van der Waals surface area (Å²) in [7, 11) is 0. The summed E-state index contributed by atoms with van der Waals surface area (Å²) in [5.74, 6) is 0.582. The van der Waals surface area contributed by atoms with Crippen LogP contribution in [0.15, 0.2) is 91.0 Å². The average Bonchev–Trinajstić information content (AvgIpc) is 2.80. The number of benzene rings is 3. The van der Waals surface area contributed by atoms with Crippen molar-refractivity contribution in [1.29, 1.82) is 0 Å². The Labute approximate surface area is 182 Å². The van der Waals surface area contributed by atoms with Gasteiger partial charge in [0.15, 0.2) is 5.78 Å². The molecule has 0 aromatic heterocycles. The smallest absolute Gasteiger partial charge is 0.414 e. The van der Waals surface area contributed by atoms with Gasteiger partial charge in [0.2, 0.25) is 0 Å². The lowest BCUT2D eigenvalue weighted by Gasteiger charge is -2.22. The monoisotopic (exact) mass is 415 g/mol. The molecule has 158 valence electrons. The maximum atomic E-state index is 12.8. The van der Waals surface area contributed by atoms with Crippen LogP contribution in [0.3, 0.4) is 0 Å². The van der Waals surface area contributed by atoms with Crippen molar-refractivity contribution in [2.45, 2.75) is 13.5 Å². The molecule has 0 heterocycles. The second-order valence-corrected chi connectivity index (χ2v) is 6.95. The second kappa shape index (κ2) is 11.4. The van der Waals surface area contributed by atoms with Crippen LogP contribution in [0, 0.1) is 0 Å². The molecule has 0 aliphatic rings. The Kier molecular flexibility index (Phi) is 8.00. The van der Waals surface area contributed by atoms with Crippen molar-refractivity contribution in [3.63, 3.8) is 0 Å². The molecule has 0 saturated heterocycles. The number of carbonyl (C=O) groups excluding carboxylic acids is 2. The van der Waals surface area contributed by atoms with Crippen LogP contribution in [0.25, 0.3) is 6.08 Å². The maximum absolute atomic E-state index is 12.8. The molecule has 0 N–H and O–H groups in total. The Morgan fingerprint density at radius 2 is 1.61 bits per heavy atom. The lowest BCUT2D eigenvalue weighted by Crippen LogP contribution is -2.31. The van der Waals surface area contributed by atoms with E-state index in [0.717, 1.165) is 16.8 Å². The predicted octanol–water partition coefficient (Wildman–Crippen LogP) is 5.51. The van der Waals surface area contributed by atoms with E-state index < -0.39 is 6.09 Å². The lowest BCUT2D eigenvalue weighted by molar-refractivity contribution is -0.118. The molecule has 31 heavy (non-hydrogen) atoms. The molecule has 0 aliphatic carbocycles. The molecule has 0 fully saturated rings. The first-order valence-electron chi connectivity index (χ1n) is 10.0. The second-order valence-electron chi connectivity index (χ2n) is 6.95. The molecule has 0 atom stereocenters. The van der Waals surface area contributed by atoms with E-state index in [-0.39, 0.29) is 19.0 Å². The van der Waals surface area contributed by atoms with E-state index in [0.29, 0.717) is 12.3 Å². The molecule has 0 spiro atoms. The first-order valence-corrected chi connectivity index (χ1v) is 10.0. The first kappa shape index (κ1) is 21.8. The number of ether oxygens (including phenoxy) is 2. The molecule has 3 aromatic rings. The third-order valence-electron chi connectivity index (χ3n) is 4.39. The molecule has 1 amide bonds. The van der Waals surface area contributed by atoms with E-state index in [4.69, 9.17) is 9.47 Å². The fourth-order valence-electron chi connectivity index (χ4n) is 2.91. The Morgan fingerprint density at radius 1 is 0.903 bits per heavy atom. The number of carbonyl (C=O) groups is 2. The highest BCUT2D eigenvalue weighted by Gasteiger charge is 2.17. The molecule has 3 rings (SSSR count). The number of nitrogens with zero attached hydrogens (tertiary/aromatic N) is 1. The average molecular weight is 415 g/mol. The van der Waals surface area contributed by atoms with Gasteiger partial charge < -0.3 is 9.47 Å². The van der Waals surface area contributed by atoms with Crippen molar-refractivity contribution < 1.29 is 19.1 Å². The number of rotatable bonds is 9. The molecular formula is C26H25NO4. The van der Waals surface area contributed by atoms with Gasteiger partial charge in [0.1, 0.15) is 19.0 Å². The summed E-state index contributed by atoms with van der Waals surface area (Å²) >= 11 is 0. The van der Waals surface area contributed by atoms with Crippen LogP contribution >= 0.6 is 0 Å². The molecule has 0 aliphatic heterocycles. The summed E-state index contributed by atoms with van der Waals surface area (Å²) in [4.78, 5) is 25.4. The van der Waals surface area contributed by atoms with Crippen molar-refractivity contribution in [2.24, 2.45) is 0 Å². The van der Waals surface area contributed by atoms with Gasteiger partial charge in [0, 0.05) is 5.69 Å². The third kappa shape index (κ3) is 7.16. The zero-order valence-corrected chi connectivity index (χ0v) is 17.4. The van der Waals surface area contributed by atoms with Gasteiger partial charge in [-0.05, 0) is 48.4 Å². The van der Waals surface area contributed by atoms with Crippen molar-refractivity contribution >= 4 is 23.6 Å². The Balaban J connectivity index is 1.60. The topological polar surface area (TPSA) is 55.8 Å². The Bertz CT molecular complexity index is 1020. The number of Topliss-reactive ketones (excluding diaryl/α,β-unsaturated/α-hetero) is 1. The summed E-state index contributed by atoms with van der Waals surface area (Å²) in [6.45, 7) is 2.08. The van der Waals surface area contributed by atoms with Gasteiger partial charge in [-0.3, -0.25) is 9.69 Å². The molecule has 0 unspecified atom stereocenters. The lowest BCUT2D eigenvalue weighted by atomic mass is 10.2. The molecule has 3 aromatic carbocycles. The number of ketones is 1. The van der Waals surface area contributed by atoms with Crippen molar-refractivity contribution in [1.82, 2.24) is 0 Å². The minimum atomic E-state index is -0.418. The van der Waals surface area contributed by atoms with E-state index in [1.54, 1.807) is 17.0 Å². The Hall–Kier alpha value is -3.86. The third-order valence-corrected chi connectivity index (χ3v) is 4.39. The molecule has 0 radical (unpaired) electrons. The van der Waals surface area contributed by atoms with Crippen molar-refractivity contribution in [3.05, 3.63) is 102 Å². The number of para-hydroxylation sites is 1. The summed E-state index contributed by atoms with van der Waals surface area (Å²) in [5, 5.41) is 0. The van der Waals surface area contributed by atoms with E-state index in [2.05, 4.69) is 0 Å². The van der Waals surface area contributed by atoms with Gasteiger partial charge in [-0.25, -0.2) is 4.79 Å². The number of hydrogen-bond donors (Lipinski definition) is 0. The van der Waals surface area contributed by atoms with Gasteiger partial charge >= 0.3 is 6.09 Å². The fraction of sp³-hybridized carbons (Fsp3) is 0.154. The van der Waals surface area contributed by atoms with Crippen molar-refractivity contribution in [3.8, 4) is 5.75 Å². The number of anilines is 1. The quantitative estimate of drug-likeness (QED) is 0.462. The molecular weight excluding hydrogens is 390 g/mol. The van der Waals surface area contributed by atoms with Gasteiger partial charge in [-0.2, -0.15) is 0 Å². The highest BCUT2D eigenvalue weighted by atomic mass is 16.6. The highest BCUT2D eigenvalue weighted by molar-refractivity contribution is 5.87. The minimum Gasteiger partial charge on any atom is -0.486 e. The maximum Gasteiger partial charge on any atom is 0.414 e. The van der Waals surface area contributed by atoms with Crippen LogP contribution in [-0.4, -0.2) is 25.1 Å². The van der Waals surface area contributed by atoms with Crippen LogP contribution in [0.4, 0.5) is 10.5 Å². The molecule has 5 nitrogen and oxygen atoms in total. The van der Waals surface area contributed by atoms with Crippen LogP contribution in [-0.2, 0) is 16.1 Å². The largest absolute Gasteiger partial charge is 0.486 e. The van der Waals surface area contributed by atoms with E-state index in [1.807, 2.05) is 84.9 Å². The summed E-state index contributed by atoms with van der Waals surface area (Å²) in [6, 6.07) is 26.6. The van der Waals surface area contributed by atoms with Crippen LogP contribution in [0.2, 0.25) is 0 Å². The SMILES string of the molecule is CC(=O)COc1cccc(/C=C/COC(=O)N(Cc2ccccc2)c2ccccc2)c1. The fourth-order valence-corrected chi connectivity index (χ4v) is 2.91. The highest BCUT2D eigenvalue weighted by Crippen LogP contribution is 2.18. The summed E-state index contributed by atoms with van der Waals surface area (Å²) < 4.78 is 10.9. The van der Waals surface area contributed by atoms with Crippen molar-refractivity contribution in [2.75, 3.05) is 18.1 Å². The zero-order valence-electron chi connectivity index (χ0n) is 17.4. The molecule has 0 bridgehead atoms.